The van der Waals surface area contributed by atoms with E-state index in [1.165, 1.54) is 21.3 Å². The van der Waals surface area contributed by atoms with E-state index < -0.39 is 12.0 Å². The molecule has 1 unspecified atom stereocenters. The van der Waals surface area contributed by atoms with Gasteiger partial charge in [-0.1, -0.05) is 12.1 Å². The van der Waals surface area contributed by atoms with Crippen LogP contribution in [0.5, 0.6) is 11.5 Å². The topological polar surface area (TPSA) is 89.1 Å². The van der Waals surface area contributed by atoms with Gasteiger partial charge < -0.3 is 29.7 Å². The number of carbonyl (C=O) groups excluding carboxylic acids is 2. The largest absolute Gasteiger partial charge is 0.497 e. The number of thiocarbonyl (C=S) groups is 1. The van der Waals surface area contributed by atoms with Crippen LogP contribution in [0.15, 0.2) is 53.7 Å². The molecule has 0 saturated carbocycles. The van der Waals surface area contributed by atoms with E-state index in [2.05, 4.69) is 10.6 Å². The normalized spacial score (nSPS) is 15.6. The maximum atomic E-state index is 12.7. The molecule has 0 spiro atoms. The highest BCUT2D eigenvalue weighted by Gasteiger charge is 2.33. The molecule has 2 aromatic rings. The molecule has 0 radical (unpaired) electrons. The van der Waals surface area contributed by atoms with E-state index in [4.69, 9.17) is 26.4 Å². The van der Waals surface area contributed by atoms with Crippen LogP contribution < -0.4 is 20.1 Å². The van der Waals surface area contributed by atoms with Crippen molar-refractivity contribution in [2.24, 2.45) is 0 Å². The Balaban J connectivity index is 1.85. The smallest absolute Gasteiger partial charge is 0.337 e. The van der Waals surface area contributed by atoms with Crippen molar-refractivity contribution in [3.63, 3.8) is 0 Å². The van der Waals surface area contributed by atoms with Gasteiger partial charge in [0.05, 0.1) is 32.9 Å². The molecular weight excluding hydrogens is 442 g/mol. The summed E-state index contributed by atoms with van der Waals surface area (Å²) >= 11 is 5.49. The van der Waals surface area contributed by atoms with Gasteiger partial charge in [0.2, 0.25) is 0 Å². The van der Waals surface area contributed by atoms with Crippen LogP contribution in [0.25, 0.3) is 0 Å². The molecule has 1 amide bonds. The van der Waals surface area contributed by atoms with Crippen LogP contribution >= 0.6 is 12.2 Å². The average molecular weight is 470 g/mol. The summed E-state index contributed by atoms with van der Waals surface area (Å²) in [5.74, 6) is 0.317. The van der Waals surface area contributed by atoms with E-state index in [9.17, 15) is 9.59 Å². The summed E-state index contributed by atoms with van der Waals surface area (Å²) in [6.45, 7) is 4.44. The van der Waals surface area contributed by atoms with Crippen LogP contribution in [0.1, 0.15) is 35.8 Å². The van der Waals surface area contributed by atoms with Gasteiger partial charge in [-0.25, -0.2) is 4.79 Å². The van der Waals surface area contributed by atoms with Crippen molar-refractivity contribution in [1.82, 2.24) is 10.2 Å². The number of nitrogens with zero attached hydrogens (tertiary/aromatic N) is 1. The lowest BCUT2D eigenvalue weighted by Crippen LogP contribution is -2.47. The van der Waals surface area contributed by atoms with Gasteiger partial charge in [-0.3, -0.25) is 4.79 Å². The number of ether oxygens (including phenoxy) is 3. The Morgan fingerprint density at radius 1 is 1.06 bits per heavy atom. The van der Waals surface area contributed by atoms with Crippen molar-refractivity contribution in [3.8, 4) is 11.5 Å². The first-order valence-electron chi connectivity index (χ1n) is 10.3. The van der Waals surface area contributed by atoms with E-state index in [1.54, 1.807) is 30.3 Å². The van der Waals surface area contributed by atoms with Crippen LogP contribution in [-0.2, 0) is 9.53 Å². The Hall–Kier alpha value is -3.59. The molecule has 1 aliphatic heterocycles. The first-order chi connectivity index (χ1) is 15.8. The predicted octanol–water partition coefficient (Wildman–Crippen LogP) is 3.65. The second-order valence-electron chi connectivity index (χ2n) is 7.29. The molecule has 9 heteroatoms. The summed E-state index contributed by atoms with van der Waals surface area (Å²) in [5, 5.41) is 6.62. The second-order valence-corrected chi connectivity index (χ2v) is 7.68. The van der Waals surface area contributed by atoms with Crippen LogP contribution in [0.3, 0.4) is 0 Å². The molecule has 0 aliphatic carbocycles. The lowest BCUT2D eigenvalue weighted by molar-refractivity contribution is -0.136. The molecule has 1 aliphatic rings. The third kappa shape index (κ3) is 5.09. The molecule has 33 heavy (non-hydrogen) atoms. The zero-order valence-electron chi connectivity index (χ0n) is 19.2. The number of nitrogens with one attached hydrogen (secondary N) is 2. The number of methoxy groups -OCH3 is 3. The van der Waals surface area contributed by atoms with Crippen molar-refractivity contribution in [2.75, 3.05) is 33.2 Å². The summed E-state index contributed by atoms with van der Waals surface area (Å²) in [6.07, 6.45) is 0. The average Bonchev–Trinajstić information content (AvgIpc) is 2.83. The minimum Gasteiger partial charge on any atom is -0.497 e. The van der Waals surface area contributed by atoms with Crippen LogP contribution in [-0.4, -0.2) is 49.8 Å². The number of esters is 1. The van der Waals surface area contributed by atoms with E-state index in [0.29, 0.717) is 40.0 Å². The van der Waals surface area contributed by atoms with Crippen molar-refractivity contribution in [3.05, 3.63) is 64.9 Å². The fourth-order valence-corrected chi connectivity index (χ4v) is 4.07. The van der Waals surface area contributed by atoms with Gasteiger partial charge in [0.25, 0.3) is 5.91 Å². The van der Waals surface area contributed by atoms with Crippen molar-refractivity contribution in [1.29, 1.82) is 0 Å². The minimum atomic E-state index is -0.458. The number of carbonyl (C=O) groups is 2. The zero-order chi connectivity index (χ0) is 24.1. The van der Waals surface area contributed by atoms with E-state index in [0.717, 1.165) is 11.3 Å². The lowest BCUT2D eigenvalue weighted by atomic mass is 9.95. The molecular formula is C24H27N3O5S. The summed E-state index contributed by atoms with van der Waals surface area (Å²) in [7, 11) is 4.41. The zero-order valence-corrected chi connectivity index (χ0v) is 20.0. The maximum Gasteiger partial charge on any atom is 0.337 e. The molecule has 0 bridgehead atoms. The number of hydrogen-bond donors (Lipinski definition) is 2. The Morgan fingerprint density at radius 2 is 1.67 bits per heavy atom. The SMILES string of the molecule is CCN1C(=S)NC(c2ccc(NC(=O)c3cc(OC)cc(OC)c3)cc2)C(C(=O)OC)=C1C. The molecule has 1 atom stereocenters. The van der Waals surface area contributed by atoms with Crippen LogP contribution in [0.4, 0.5) is 5.69 Å². The van der Waals surface area contributed by atoms with Crippen molar-refractivity contribution >= 4 is 34.9 Å². The monoisotopic (exact) mass is 469 g/mol. The fourth-order valence-electron chi connectivity index (χ4n) is 3.69. The summed E-state index contributed by atoms with van der Waals surface area (Å²) in [6, 6.07) is 11.7. The number of anilines is 1. The predicted molar refractivity (Wildman–Crippen MR) is 130 cm³/mol. The molecule has 0 aromatic heterocycles. The molecule has 2 N–H and O–H groups in total. The molecule has 8 nitrogen and oxygen atoms in total. The van der Waals surface area contributed by atoms with Gasteiger partial charge >= 0.3 is 5.97 Å². The fraction of sp³-hybridized carbons (Fsp3) is 0.292. The van der Waals surface area contributed by atoms with Gasteiger partial charge in [-0.2, -0.15) is 0 Å². The van der Waals surface area contributed by atoms with E-state index in [-0.39, 0.29) is 5.91 Å². The number of allylic oxidation sites excluding steroid dienone is 1. The second kappa shape index (κ2) is 10.4. The lowest BCUT2D eigenvalue weighted by Gasteiger charge is -2.36. The quantitative estimate of drug-likeness (QED) is 0.469. The molecule has 3 rings (SSSR count). The number of rotatable bonds is 7. The maximum absolute atomic E-state index is 12.7. The number of benzene rings is 2. The van der Waals surface area contributed by atoms with Crippen LogP contribution in [0, 0.1) is 0 Å². The summed E-state index contributed by atoms with van der Waals surface area (Å²) < 4.78 is 15.5. The highest BCUT2D eigenvalue weighted by atomic mass is 32.1. The van der Waals surface area contributed by atoms with E-state index >= 15 is 0 Å². The Labute approximate surface area is 198 Å². The van der Waals surface area contributed by atoms with Gasteiger partial charge in [-0.15, -0.1) is 0 Å². The van der Waals surface area contributed by atoms with Gasteiger partial charge in [0, 0.05) is 29.6 Å². The van der Waals surface area contributed by atoms with Gasteiger partial charge in [0.1, 0.15) is 11.5 Å². The Morgan fingerprint density at radius 3 is 2.18 bits per heavy atom. The van der Waals surface area contributed by atoms with Gasteiger partial charge in [0.15, 0.2) is 5.11 Å². The number of hydrogen-bond acceptors (Lipinski definition) is 6. The first kappa shape index (κ1) is 24.1. The van der Waals surface area contributed by atoms with E-state index in [1.807, 2.05) is 30.9 Å². The molecule has 0 fully saturated rings. The third-order valence-electron chi connectivity index (χ3n) is 5.43. The Kier molecular flexibility index (Phi) is 7.55. The molecule has 2 aromatic carbocycles. The highest BCUT2D eigenvalue weighted by molar-refractivity contribution is 7.80. The highest BCUT2D eigenvalue weighted by Crippen LogP contribution is 2.32. The van der Waals surface area contributed by atoms with Gasteiger partial charge in [-0.05, 0) is 55.9 Å². The Bertz CT molecular complexity index is 1080. The first-order valence-corrected chi connectivity index (χ1v) is 10.7. The molecule has 1 heterocycles. The number of amides is 1. The summed E-state index contributed by atoms with van der Waals surface area (Å²) in [4.78, 5) is 27.1. The van der Waals surface area contributed by atoms with Crippen LogP contribution in [0.2, 0.25) is 0 Å². The minimum absolute atomic E-state index is 0.304. The molecule has 174 valence electrons. The third-order valence-corrected chi connectivity index (χ3v) is 5.77. The summed E-state index contributed by atoms with van der Waals surface area (Å²) in [5.41, 5.74) is 3.06. The van der Waals surface area contributed by atoms with Crippen molar-refractivity contribution < 1.29 is 23.8 Å². The molecule has 0 saturated heterocycles. The standard InChI is InChI=1S/C24H27N3O5S/c1-6-27-14(2)20(23(29)32-5)21(26-24(27)33)15-7-9-17(10-8-15)25-22(28)16-11-18(30-3)13-19(12-16)31-4/h7-13,21H,6H2,1-5H3,(H,25,28)(H,26,33). The van der Waals surface area contributed by atoms with Crippen molar-refractivity contribution in [2.45, 2.75) is 19.9 Å².